The molecule has 0 bridgehead atoms. The summed E-state index contributed by atoms with van der Waals surface area (Å²) in [4.78, 5) is 22.9. The maximum absolute atomic E-state index is 12.7. The van der Waals surface area contributed by atoms with Crippen molar-refractivity contribution in [1.29, 1.82) is 0 Å². The van der Waals surface area contributed by atoms with Crippen LogP contribution in [0.15, 0.2) is 24.3 Å². The maximum atomic E-state index is 12.7. The van der Waals surface area contributed by atoms with Crippen LogP contribution in [0.4, 0.5) is 0 Å². The van der Waals surface area contributed by atoms with E-state index in [0.29, 0.717) is 17.6 Å². The van der Waals surface area contributed by atoms with Crippen molar-refractivity contribution in [2.45, 2.75) is 199 Å². The molecule has 0 heterocycles. The summed E-state index contributed by atoms with van der Waals surface area (Å²) >= 11 is 0. The van der Waals surface area contributed by atoms with Crippen LogP contribution in [0.25, 0.3) is 0 Å². The van der Waals surface area contributed by atoms with Crippen molar-refractivity contribution in [3.8, 4) is 0 Å². The molecule has 0 saturated carbocycles. The molecule has 0 aliphatic heterocycles. The third-order valence-corrected chi connectivity index (χ3v) is 10.6. The van der Waals surface area contributed by atoms with Gasteiger partial charge in [-0.3, -0.25) is 13.8 Å². The lowest BCUT2D eigenvalue weighted by atomic mass is 10.0. The summed E-state index contributed by atoms with van der Waals surface area (Å²) in [5, 5.41) is 9.94. The van der Waals surface area contributed by atoms with Crippen LogP contribution < -0.4 is 0 Å². The molecule has 0 rings (SSSR count). The molecular formula is C44H87NO8P+. The minimum atomic E-state index is -4.29. The molecule has 0 aromatic rings. The number of carbonyl (C=O) groups excluding carboxylic acids is 1. The highest BCUT2D eigenvalue weighted by molar-refractivity contribution is 7.47. The van der Waals surface area contributed by atoms with Gasteiger partial charge in [-0.15, -0.1) is 0 Å². The van der Waals surface area contributed by atoms with Crippen molar-refractivity contribution in [2.75, 3.05) is 54.1 Å². The topological polar surface area (TPSA) is 112 Å². The summed E-state index contributed by atoms with van der Waals surface area (Å²) in [6.45, 7) is 5.47. The number of aliphatic hydroxyl groups is 1. The summed E-state index contributed by atoms with van der Waals surface area (Å²) in [5.41, 5.74) is 0. The first-order chi connectivity index (χ1) is 26.0. The van der Waals surface area contributed by atoms with Crippen LogP contribution in [0.2, 0.25) is 0 Å². The molecular weight excluding hydrogens is 701 g/mol. The highest BCUT2D eigenvalue weighted by atomic mass is 31.2. The quantitative estimate of drug-likeness (QED) is 0.0207. The van der Waals surface area contributed by atoms with Crippen molar-refractivity contribution in [2.24, 2.45) is 0 Å². The molecule has 0 amide bonds. The average Bonchev–Trinajstić information content (AvgIpc) is 3.11. The molecule has 0 saturated heterocycles. The van der Waals surface area contributed by atoms with Gasteiger partial charge in [-0.2, -0.15) is 0 Å². The Morgan fingerprint density at radius 3 is 1.74 bits per heavy atom. The highest BCUT2D eigenvalue weighted by Gasteiger charge is 2.26. The summed E-state index contributed by atoms with van der Waals surface area (Å²) in [6, 6.07) is 0. The molecule has 320 valence electrons. The monoisotopic (exact) mass is 789 g/mol. The van der Waals surface area contributed by atoms with E-state index < -0.39 is 13.9 Å². The summed E-state index contributed by atoms with van der Waals surface area (Å²) in [7, 11) is 1.63. The second-order valence-corrected chi connectivity index (χ2v) is 17.7. The number of nitrogens with zero attached hydrogens (tertiary/aromatic N) is 1. The highest BCUT2D eigenvalue weighted by Crippen LogP contribution is 2.43. The minimum Gasteiger partial charge on any atom is -0.457 e. The predicted molar refractivity (Wildman–Crippen MR) is 226 cm³/mol. The van der Waals surface area contributed by atoms with Crippen LogP contribution in [0.1, 0.15) is 187 Å². The average molecular weight is 789 g/mol. The summed E-state index contributed by atoms with van der Waals surface area (Å²) < 4.78 is 34.9. The van der Waals surface area contributed by atoms with Gasteiger partial charge in [0.2, 0.25) is 0 Å². The SMILES string of the molecule is CCCCCCCCCCCCCCCCCCOCC(COP(=O)(O)OCC[N+](C)(C)C)OC(=O)CCCCCCC/C=C\C=C\C(O)CCCCC. The number of esters is 1. The molecule has 0 radical (unpaired) electrons. The first-order valence-corrected chi connectivity index (χ1v) is 23.7. The molecule has 9 nitrogen and oxygen atoms in total. The number of carbonyl (C=O) groups is 1. The number of ether oxygens (including phenoxy) is 2. The van der Waals surface area contributed by atoms with Gasteiger partial charge in [0.1, 0.15) is 19.3 Å². The van der Waals surface area contributed by atoms with Gasteiger partial charge in [0.25, 0.3) is 0 Å². The minimum absolute atomic E-state index is 0.0775. The van der Waals surface area contributed by atoms with E-state index >= 15 is 0 Å². The van der Waals surface area contributed by atoms with E-state index in [1.807, 2.05) is 39.4 Å². The number of quaternary nitrogens is 1. The zero-order valence-corrected chi connectivity index (χ0v) is 36.7. The van der Waals surface area contributed by atoms with E-state index in [0.717, 1.165) is 77.0 Å². The number of unbranched alkanes of at least 4 members (excludes halogenated alkanes) is 22. The largest absolute Gasteiger partial charge is 0.472 e. The van der Waals surface area contributed by atoms with Crippen molar-refractivity contribution in [1.82, 2.24) is 0 Å². The smallest absolute Gasteiger partial charge is 0.457 e. The fourth-order valence-corrected chi connectivity index (χ4v) is 6.84. The van der Waals surface area contributed by atoms with Crippen LogP contribution >= 0.6 is 7.82 Å². The molecule has 3 unspecified atom stereocenters. The number of aliphatic hydroxyl groups excluding tert-OH is 1. The number of hydrogen-bond donors (Lipinski definition) is 2. The van der Waals surface area contributed by atoms with Gasteiger partial charge >= 0.3 is 13.8 Å². The molecule has 0 aromatic carbocycles. The number of likely N-dealkylation sites (N-methyl/N-ethyl adjacent to an activating group) is 1. The standard InChI is InChI=1S/C44H86NO8P/c1-6-8-10-11-12-13-14-15-16-17-18-19-23-26-29-33-38-50-40-43(41-52-54(48,49)51-39-37-45(3,4)5)53-44(47)36-32-28-25-22-20-21-24-27-31-35-42(46)34-30-9-7-2/h24,27,31,35,42-43,46H,6-23,25-26,28-30,32-34,36-41H2,1-5H3/p+1/b27-24-,35-31+. The van der Waals surface area contributed by atoms with E-state index in [-0.39, 0.29) is 38.3 Å². The zero-order chi connectivity index (χ0) is 40.0. The first kappa shape index (κ1) is 52.9. The number of allylic oxidation sites excluding steroid dienone is 3. The van der Waals surface area contributed by atoms with E-state index in [4.69, 9.17) is 18.5 Å². The van der Waals surface area contributed by atoms with E-state index in [2.05, 4.69) is 19.9 Å². The van der Waals surface area contributed by atoms with E-state index in [1.165, 1.54) is 89.9 Å². The molecule has 10 heteroatoms. The van der Waals surface area contributed by atoms with Crippen molar-refractivity contribution in [3.05, 3.63) is 24.3 Å². The lowest BCUT2D eigenvalue weighted by molar-refractivity contribution is -0.870. The second-order valence-electron chi connectivity index (χ2n) is 16.3. The second kappa shape index (κ2) is 37.5. The fraction of sp³-hybridized carbons (Fsp3) is 0.886. The fourth-order valence-electron chi connectivity index (χ4n) is 6.10. The first-order valence-electron chi connectivity index (χ1n) is 22.2. The van der Waals surface area contributed by atoms with Gasteiger partial charge in [-0.05, 0) is 32.1 Å². The lowest BCUT2D eigenvalue weighted by Crippen LogP contribution is -2.37. The molecule has 0 spiro atoms. The van der Waals surface area contributed by atoms with Crippen LogP contribution in [-0.4, -0.2) is 86.8 Å². The molecule has 3 atom stereocenters. The van der Waals surface area contributed by atoms with Crippen LogP contribution in [0.5, 0.6) is 0 Å². The van der Waals surface area contributed by atoms with Crippen LogP contribution in [0, 0.1) is 0 Å². The molecule has 0 fully saturated rings. The third kappa shape index (κ3) is 40.6. The summed E-state index contributed by atoms with van der Waals surface area (Å²) in [6.07, 6.45) is 38.1. The number of hydrogen-bond acceptors (Lipinski definition) is 7. The molecule has 0 aliphatic carbocycles. The van der Waals surface area contributed by atoms with E-state index in [9.17, 15) is 19.4 Å². The molecule has 54 heavy (non-hydrogen) atoms. The normalized spacial score (nSPS) is 14.6. The number of phosphoric acid groups is 1. The van der Waals surface area contributed by atoms with E-state index in [1.54, 1.807) is 0 Å². The Morgan fingerprint density at radius 1 is 0.648 bits per heavy atom. The molecule has 2 N–H and O–H groups in total. The Balaban J connectivity index is 4.28. The van der Waals surface area contributed by atoms with Gasteiger partial charge in [-0.25, -0.2) is 4.57 Å². The predicted octanol–water partition coefficient (Wildman–Crippen LogP) is 11.8. The van der Waals surface area contributed by atoms with Gasteiger partial charge in [0.05, 0.1) is 40.5 Å². The Bertz CT molecular complexity index is 938. The Labute approximate surface area is 333 Å². The van der Waals surface area contributed by atoms with Crippen LogP contribution in [-0.2, 0) is 27.9 Å². The van der Waals surface area contributed by atoms with Gasteiger partial charge in [-0.1, -0.05) is 173 Å². The lowest BCUT2D eigenvalue weighted by Gasteiger charge is -2.24. The zero-order valence-electron chi connectivity index (χ0n) is 35.8. The Morgan fingerprint density at radius 2 is 1.17 bits per heavy atom. The van der Waals surface area contributed by atoms with Crippen molar-refractivity contribution < 1.29 is 42.4 Å². The third-order valence-electron chi connectivity index (χ3n) is 9.62. The molecule has 0 aliphatic rings. The Hall–Kier alpha value is -1.06. The maximum Gasteiger partial charge on any atom is 0.472 e. The van der Waals surface area contributed by atoms with Crippen molar-refractivity contribution >= 4 is 13.8 Å². The van der Waals surface area contributed by atoms with Crippen molar-refractivity contribution in [3.63, 3.8) is 0 Å². The van der Waals surface area contributed by atoms with Gasteiger partial charge in [0, 0.05) is 13.0 Å². The summed E-state index contributed by atoms with van der Waals surface area (Å²) in [5.74, 6) is -0.347. The van der Waals surface area contributed by atoms with Gasteiger partial charge < -0.3 is 24.0 Å². The van der Waals surface area contributed by atoms with Crippen LogP contribution in [0.3, 0.4) is 0 Å². The number of rotatable bonds is 41. The Kier molecular flexibility index (Phi) is 36.8. The van der Waals surface area contributed by atoms with Gasteiger partial charge in [0.15, 0.2) is 0 Å². The number of phosphoric ester groups is 1. The molecule has 0 aromatic heterocycles.